The number of hydrogen-bond acceptors (Lipinski definition) is 5. The number of ether oxygens (including phenoxy) is 1. The number of benzene rings is 1. The van der Waals surface area contributed by atoms with E-state index in [1.165, 1.54) is 6.33 Å². The van der Waals surface area contributed by atoms with E-state index < -0.39 is 0 Å². The Labute approximate surface area is 121 Å². The summed E-state index contributed by atoms with van der Waals surface area (Å²) in [5.41, 5.74) is 6.64. The lowest BCUT2D eigenvalue weighted by Gasteiger charge is -2.07. The first-order valence-corrected chi connectivity index (χ1v) is 6.40. The molecule has 3 N–H and O–H groups in total. The predicted octanol–water partition coefficient (Wildman–Crippen LogP) is 3.14. The van der Waals surface area contributed by atoms with Crippen molar-refractivity contribution >= 4 is 44.6 Å². The number of imidazole rings is 1. The van der Waals surface area contributed by atoms with Gasteiger partial charge in [-0.2, -0.15) is 9.97 Å². The molecule has 3 rings (SSSR count). The largest absolute Gasteiger partial charge is 0.436 e. The Hall–Kier alpha value is -1.86. The Bertz CT molecular complexity index is 760. The van der Waals surface area contributed by atoms with Gasteiger partial charge in [0.1, 0.15) is 11.3 Å². The number of fused-ring (bicyclic) bond motifs is 1. The second kappa shape index (κ2) is 4.67. The van der Waals surface area contributed by atoms with Crippen LogP contribution in [-0.4, -0.2) is 19.9 Å². The van der Waals surface area contributed by atoms with Crippen LogP contribution in [0, 0.1) is 0 Å². The molecule has 0 radical (unpaired) electrons. The molecule has 1 aromatic carbocycles. The highest BCUT2D eigenvalue weighted by molar-refractivity contribution is 9.10. The van der Waals surface area contributed by atoms with Gasteiger partial charge in [0, 0.05) is 5.02 Å². The van der Waals surface area contributed by atoms with Crippen LogP contribution in [-0.2, 0) is 0 Å². The van der Waals surface area contributed by atoms with Crippen molar-refractivity contribution in [3.63, 3.8) is 0 Å². The molecule has 6 nitrogen and oxygen atoms in total. The smallest absolute Gasteiger partial charge is 0.250 e. The number of nitrogen functional groups attached to an aromatic ring is 1. The van der Waals surface area contributed by atoms with Gasteiger partial charge >= 0.3 is 0 Å². The number of aromatic amines is 1. The number of anilines is 1. The molecule has 0 aliphatic heterocycles. The summed E-state index contributed by atoms with van der Waals surface area (Å²) in [6, 6.07) is 5.18. The molecule has 0 aliphatic rings. The topological polar surface area (TPSA) is 89.7 Å². The van der Waals surface area contributed by atoms with Crippen LogP contribution in [0.2, 0.25) is 5.02 Å². The van der Waals surface area contributed by atoms with E-state index in [1.807, 2.05) is 0 Å². The lowest BCUT2D eigenvalue weighted by Crippen LogP contribution is -1.98. The zero-order valence-corrected chi connectivity index (χ0v) is 11.7. The Balaban J connectivity index is 2.07. The molecule has 0 saturated carbocycles. The van der Waals surface area contributed by atoms with Gasteiger partial charge in [-0.15, -0.1) is 0 Å². The predicted molar refractivity (Wildman–Crippen MR) is 75.3 cm³/mol. The average Bonchev–Trinajstić information content (AvgIpc) is 2.80. The zero-order valence-electron chi connectivity index (χ0n) is 9.39. The van der Waals surface area contributed by atoms with Crippen molar-refractivity contribution in [1.29, 1.82) is 0 Å². The Morgan fingerprint density at radius 2 is 2.16 bits per heavy atom. The number of rotatable bonds is 2. The van der Waals surface area contributed by atoms with E-state index in [1.54, 1.807) is 18.2 Å². The van der Waals surface area contributed by atoms with Crippen LogP contribution in [0.4, 0.5) is 5.95 Å². The summed E-state index contributed by atoms with van der Waals surface area (Å²) in [6.07, 6.45) is 1.50. The monoisotopic (exact) mass is 339 g/mol. The summed E-state index contributed by atoms with van der Waals surface area (Å²) in [7, 11) is 0. The van der Waals surface area contributed by atoms with Crippen LogP contribution in [0.5, 0.6) is 11.6 Å². The van der Waals surface area contributed by atoms with Gasteiger partial charge in [0.25, 0.3) is 5.88 Å². The molecular weight excluding hydrogens is 334 g/mol. The third-order valence-corrected chi connectivity index (χ3v) is 3.23. The van der Waals surface area contributed by atoms with Crippen molar-refractivity contribution in [2.45, 2.75) is 0 Å². The minimum absolute atomic E-state index is 0.0969. The molecule has 0 aliphatic carbocycles. The number of aromatic nitrogens is 4. The van der Waals surface area contributed by atoms with Crippen molar-refractivity contribution in [1.82, 2.24) is 19.9 Å². The van der Waals surface area contributed by atoms with Crippen LogP contribution < -0.4 is 10.5 Å². The number of nitrogens with one attached hydrogen (secondary N) is 1. The van der Waals surface area contributed by atoms with Gasteiger partial charge in [-0.1, -0.05) is 11.6 Å². The van der Waals surface area contributed by atoms with Gasteiger partial charge in [0.05, 0.1) is 10.8 Å². The molecule has 0 bridgehead atoms. The van der Waals surface area contributed by atoms with E-state index in [9.17, 15) is 0 Å². The molecule has 96 valence electrons. The van der Waals surface area contributed by atoms with Crippen molar-refractivity contribution in [2.24, 2.45) is 0 Å². The summed E-state index contributed by atoms with van der Waals surface area (Å²) >= 11 is 9.24. The number of hydrogen-bond donors (Lipinski definition) is 2. The molecule has 0 spiro atoms. The normalized spacial score (nSPS) is 10.8. The van der Waals surface area contributed by atoms with Gasteiger partial charge in [-0.25, -0.2) is 4.98 Å². The van der Waals surface area contributed by atoms with Crippen LogP contribution in [0.25, 0.3) is 11.2 Å². The summed E-state index contributed by atoms with van der Waals surface area (Å²) in [5, 5.41) is 0.605. The lowest BCUT2D eigenvalue weighted by molar-refractivity contribution is 0.465. The SMILES string of the molecule is Nc1nc(Oc2ccc(Cl)cc2Br)c2[nH]cnc2n1. The third kappa shape index (κ3) is 2.34. The highest BCUT2D eigenvalue weighted by Gasteiger charge is 2.12. The number of halogens is 2. The Morgan fingerprint density at radius 3 is 2.95 bits per heavy atom. The summed E-state index contributed by atoms with van der Waals surface area (Å²) < 4.78 is 6.42. The first kappa shape index (κ1) is 12.2. The molecule has 2 heterocycles. The standard InChI is InChI=1S/C11H7BrClN5O/c12-6-3-5(13)1-2-7(6)19-10-8-9(16-4-15-8)17-11(14)18-10/h1-4H,(H3,14,15,16,17,18). The van der Waals surface area contributed by atoms with Gasteiger partial charge in [-0.3, -0.25) is 0 Å². The Morgan fingerprint density at radius 1 is 1.32 bits per heavy atom. The van der Waals surface area contributed by atoms with Crippen molar-refractivity contribution in [2.75, 3.05) is 5.73 Å². The lowest BCUT2D eigenvalue weighted by atomic mass is 10.3. The van der Waals surface area contributed by atoms with E-state index in [-0.39, 0.29) is 5.95 Å². The van der Waals surface area contributed by atoms with Crippen LogP contribution in [0.1, 0.15) is 0 Å². The number of nitrogens with two attached hydrogens (primary N) is 1. The van der Waals surface area contributed by atoms with E-state index in [0.29, 0.717) is 32.3 Å². The number of nitrogens with zero attached hydrogens (tertiary/aromatic N) is 3. The fraction of sp³-hybridized carbons (Fsp3) is 0. The molecule has 8 heteroatoms. The van der Waals surface area contributed by atoms with Crippen LogP contribution in [0.3, 0.4) is 0 Å². The molecule has 0 saturated heterocycles. The maximum atomic E-state index is 5.88. The van der Waals surface area contributed by atoms with Gasteiger partial charge in [-0.05, 0) is 34.1 Å². The third-order valence-electron chi connectivity index (χ3n) is 2.37. The van der Waals surface area contributed by atoms with Crippen molar-refractivity contribution in [3.05, 3.63) is 34.0 Å². The quantitative estimate of drug-likeness (QED) is 0.748. The molecule has 0 fully saturated rings. The molecular formula is C11H7BrClN5O. The molecule has 2 aromatic heterocycles. The first-order valence-electron chi connectivity index (χ1n) is 5.23. The summed E-state index contributed by atoms with van der Waals surface area (Å²) in [5.74, 6) is 0.973. The van der Waals surface area contributed by atoms with Crippen molar-refractivity contribution < 1.29 is 4.74 Å². The van der Waals surface area contributed by atoms with E-state index in [0.717, 1.165) is 0 Å². The van der Waals surface area contributed by atoms with E-state index in [2.05, 4.69) is 35.9 Å². The molecule has 19 heavy (non-hydrogen) atoms. The van der Waals surface area contributed by atoms with Gasteiger partial charge in [0.15, 0.2) is 5.65 Å². The second-order valence-corrected chi connectivity index (χ2v) is 4.96. The maximum Gasteiger partial charge on any atom is 0.250 e. The molecule has 3 aromatic rings. The van der Waals surface area contributed by atoms with Crippen molar-refractivity contribution in [3.8, 4) is 11.6 Å². The number of H-pyrrole nitrogens is 1. The van der Waals surface area contributed by atoms with Crippen LogP contribution >= 0.6 is 27.5 Å². The van der Waals surface area contributed by atoms with E-state index >= 15 is 0 Å². The molecule has 0 atom stereocenters. The summed E-state index contributed by atoms with van der Waals surface area (Å²) in [4.78, 5) is 15.0. The molecule has 0 amide bonds. The fourth-order valence-corrected chi connectivity index (χ4v) is 2.32. The summed E-state index contributed by atoms with van der Waals surface area (Å²) in [6.45, 7) is 0. The van der Waals surface area contributed by atoms with Crippen LogP contribution in [0.15, 0.2) is 29.0 Å². The van der Waals surface area contributed by atoms with E-state index in [4.69, 9.17) is 22.1 Å². The first-order chi connectivity index (χ1) is 9.13. The Kier molecular flexibility index (Phi) is 3.00. The van der Waals surface area contributed by atoms with Gasteiger partial charge < -0.3 is 15.5 Å². The minimum atomic E-state index is 0.0969. The maximum absolute atomic E-state index is 5.88. The average molecular weight is 341 g/mol. The zero-order chi connectivity index (χ0) is 13.4. The molecule has 0 unspecified atom stereocenters. The highest BCUT2D eigenvalue weighted by Crippen LogP contribution is 2.33. The second-order valence-electron chi connectivity index (χ2n) is 3.66. The van der Waals surface area contributed by atoms with Gasteiger partial charge in [0.2, 0.25) is 5.95 Å². The fourth-order valence-electron chi connectivity index (χ4n) is 1.56. The highest BCUT2D eigenvalue weighted by atomic mass is 79.9. The minimum Gasteiger partial charge on any atom is -0.436 e.